The minimum atomic E-state index is -0.0400. The first-order valence-electron chi connectivity index (χ1n) is 4.70. The summed E-state index contributed by atoms with van der Waals surface area (Å²) >= 11 is 1.78. The molecule has 0 aliphatic heterocycles. The van der Waals surface area contributed by atoms with Gasteiger partial charge in [-0.2, -0.15) is 16.7 Å². The molecular formula is C9H17N3OS. The number of hydrogen-bond acceptors (Lipinski definition) is 5. The number of hydrogen-bond donors (Lipinski definition) is 1. The molecule has 1 heterocycles. The molecule has 0 saturated carbocycles. The van der Waals surface area contributed by atoms with Gasteiger partial charge < -0.3 is 9.84 Å². The van der Waals surface area contributed by atoms with Gasteiger partial charge in [0.1, 0.15) is 0 Å². The molecule has 0 unspecified atom stereocenters. The van der Waals surface area contributed by atoms with Crippen LogP contribution >= 0.6 is 11.8 Å². The Morgan fingerprint density at radius 2 is 2.14 bits per heavy atom. The van der Waals surface area contributed by atoms with Crippen LogP contribution in [-0.4, -0.2) is 21.4 Å². The molecule has 0 aliphatic carbocycles. The molecule has 5 heteroatoms. The van der Waals surface area contributed by atoms with Crippen molar-refractivity contribution in [2.45, 2.75) is 39.0 Å². The Morgan fingerprint density at radius 1 is 1.43 bits per heavy atom. The van der Waals surface area contributed by atoms with Gasteiger partial charge in [-0.05, 0) is 26.5 Å². The summed E-state index contributed by atoms with van der Waals surface area (Å²) in [5.41, 5.74) is -0.0400. The lowest BCUT2D eigenvalue weighted by Crippen LogP contribution is -2.26. The first-order valence-corrected chi connectivity index (χ1v) is 5.85. The van der Waals surface area contributed by atoms with E-state index in [4.69, 9.17) is 4.52 Å². The van der Waals surface area contributed by atoms with Crippen LogP contribution in [0.3, 0.4) is 0 Å². The van der Waals surface area contributed by atoms with Crippen LogP contribution in [0.2, 0.25) is 0 Å². The van der Waals surface area contributed by atoms with Crippen molar-refractivity contribution in [3.05, 3.63) is 5.82 Å². The zero-order valence-electron chi connectivity index (χ0n) is 9.13. The summed E-state index contributed by atoms with van der Waals surface area (Å²) in [5, 5.41) is 7.00. The molecule has 0 amide bonds. The molecule has 0 radical (unpaired) electrons. The maximum absolute atomic E-state index is 5.05. The van der Waals surface area contributed by atoms with Crippen molar-refractivity contribution in [3.63, 3.8) is 0 Å². The van der Waals surface area contributed by atoms with Crippen molar-refractivity contribution in [3.8, 4) is 0 Å². The Morgan fingerprint density at radius 3 is 2.71 bits per heavy atom. The average molecular weight is 215 g/mol. The van der Waals surface area contributed by atoms with Crippen molar-refractivity contribution in [1.82, 2.24) is 10.1 Å². The number of rotatable bonds is 4. The second kappa shape index (κ2) is 4.68. The fraction of sp³-hybridized carbons (Fsp3) is 0.778. The van der Waals surface area contributed by atoms with E-state index in [1.165, 1.54) is 0 Å². The molecular weight excluding hydrogens is 198 g/mol. The van der Waals surface area contributed by atoms with Crippen LogP contribution in [0.25, 0.3) is 0 Å². The predicted octanol–water partition coefficient (Wildman–Crippen LogP) is 2.53. The lowest BCUT2D eigenvalue weighted by atomic mass is 10.1. The predicted molar refractivity (Wildman–Crippen MR) is 59.5 cm³/mol. The van der Waals surface area contributed by atoms with Gasteiger partial charge in [-0.3, -0.25) is 0 Å². The molecule has 4 nitrogen and oxygen atoms in total. The van der Waals surface area contributed by atoms with E-state index in [0.29, 0.717) is 6.01 Å². The highest BCUT2D eigenvalue weighted by Gasteiger charge is 2.14. The third kappa shape index (κ3) is 4.00. The normalized spacial score (nSPS) is 11.7. The van der Waals surface area contributed by atoms with Gasteiger partial charge in [-0.15, -0.1) is 0 Å². The van der Waals surface area contributed by atoms with Crippen molar-refractivity contribution in [1.29, 1.82) is 0 Å². The van der Waals surface area contributed by atoms with Crippen LogP contribution in [0.4, 0.5) is 6.01 Å². The highest BCUT2D eigenvalue weighted by atomic mass is 32.2. The zero-order valence-corrected chi connectivity index (χ0v) is 9.94. The Bertz CT molecular complexity index is 280. The summed E-state index contributed by atoms with van der Waals surface area (Å²) in [6.07, 6.45) is 0. The molecule has 1 aromatic rings. The van der Waals surface area contributed by atoms with Gasteiger partial charge in [-0.25, -0.2) is 0 Å². The smallest absolute Gasteiger partial charge is 0.321 e. The summed E-state index contributed by atoms with van der Waals surface area (Å²) in [4.78, 5) is 4.22. The van der Waals surface area contributed by atoms with E-state index in [-0.39, 0.29) is 5.54 Å². The molecule has 1 N–H and O–H groups in total. The van der Waals surface area contributed by atoms with E-state index in [1.807, 2.05) is 0 Å². The molecule has 0 atom stereocenters. The zero-order chi connectivity index (χ0) is 10.6. The molecule has 0 fully saturated rings. The molecule has 1 rings (SSSR count). The first kappa shape index (κ1) is 11.4. The maximum Gasteiger partial charge on any atom is 0.321 e. The van der Waals surface area contributed by atoms with Crippen LogP contribution in [0.5, 0.6) is 0 Å². The molecule has 0 aromatic carbocycles. The molecule has 1 aromatic heterocycles. The van der Waals surface area contributed by atoms with Gasteiger partial charge in [0.15, 0.2) is 5.82 Å². The highest BCUT2D eigenvalue weighted by Crippen LogP contribution is 2.14. The second-order valence-electron chi connectivity index (χ2n) is 4.03. The van der Waals surface area contributed by atoms with E-state index in [0.717, 1.165) is 17.3 Å². The van der Waals surface area contributed by atoms with Crippen LogP contribution in [0, 0.1) is 0 Å². The molecule has 0 spiro atoms. The van der Waals surface area contributed by atoms with Crippen molar-refractivity contribution in [2.75, 3.05) is 11.1 Å². The van der Waals surface area contributed by atoms with Crippen LogP contribution in [0.1, 0.15) is 33.5 Å². The van der Waals surface area contributed by atoms with E-state index >= 15 is 0 Å². The molecule has 80 valence electrons. The van der Waals surface area contributed by atoms with Gasteiger partial charge in [-0.1, -0.05) is 12.1 Å². The largest absolute Gasteiger partial charge is 0.333 e. The third-order valence-electron chi connectivity index (χ3n) is 1.39. The topological polar surface area (TPSA) is 51.0 Å². The Balaban J connectivity index is 2.51. The van der Waals surface area contributed by atoms with Crippen molar-refractivity contribution in [2.24, 2.45) is 0 Å². The van der Waals surface area contributed by atoms with E-state index < -0.39 is 0 Å². The van der Waals surface area contributed by atoms with Gasteiger partial charge in [0, 0.05) is 5.54 Å². The van der Waals surface area contributed by atoms with Crippen molar-refractivity contribution < 1.29 is 4.52 Å². The van der Waals surface area contributed by atoms with Gasteiger partial charge in [0.2, 0.25) is 0 Å². The maximum atomic E-state index is 5.05. The summed E-state index contributed by atoms with van der Waals surface area (Å²) < 4.78 is 5.05. The Hall–Kier alpha value is -0.710. The fourth-order valence-electron chi connectivity index (χ4n) is 0.878. The number of nitrogens with zero attached hydrogens (tertiary/aromatic N) is 2. The Kier molecular flexibility index (Phi) is 3.80. The number of thioether (sulfide) groups is 1. The quantitative estimate of drug-likeness (QED) is 0.836. The first-order chi connectivity index (χ1) is 6.51. The number of nitrogens with one attached hydrogen (secondary N) is 1. The van der Waals surface area contributed by atoms with E-state index in [9.17, 15) is 0 Å². The van der Waals surface area contributed by atoms with E-state index in [2.05, 4.69) is 43.2 Å². The van der Waals surface area contributed by atoms with Crippen LogP contribution < -0.4 is 5.32 Å². The molecule has 0 saturated heterocycles. The standard InChI is InChI=1S/C9H17N3OS/c1-5-14-6-7-10-8(13-12-7)11-9(2,3)4/h5-6H2,1-4H3,(H,10,11,12). The van der Waals surface area contributed by atoms with Crippen molar-refractivity contribution >= 4 is 17.8 Å². The van der Waals surface area contributed by atoms with Crippen LogP contribution in [-0.2, 0) is 5.75 Å². The summed E-state index contributed by atoms with van der Waals surface area (Å²) in [5.74, 6) is 2.63. The van der Waals surface area contributed by atoms with Gasteiger partial charge >= 0.3 is 6.01 Å². The van der Waals surface area contributed by atoms with Gasteiger partial charge in [0.25, 0.3) is 0 Å². The van der Waals surface area contributed by atoms with Gasteiger partial charge in [0.05, 0.1) is 5.75 Å². The molecule has 0 bridgehead atoms. The Labute approximate surface area is 88.8 Å². The lowest BCUT2D eigenvalue weighted by molar-refractivity contribution is 0.414. The fourth-order valence-corrected chi connectivity index (χ4v) is 1.38. The monoisotopic (exact) mass is 215 g/mol. The highest BCUT2D eigenvalue weighted by molar-refractivity contribution is 7.98. The van der Waals surface area contributed by atoms with E-state index in [1.54, 1.807) is 11.8 Å². The van der Waals surface area contributed by atoms with Crippen LogP contribution in [0.15, 0.2) is 4.52 Å². The third-order valence-corrected chi connectivity index (χ3v) is 2.26. The SMILES string of the molecule is CCSCc1noc(NC(C)(C)C)n1. The second-order valence-corrected chi connectivity index (χ2v) is 5.30. The minimum Gasteiger partial charge on any atom is -0.333 e. The summed E-state index contributed by atoms with van der Waals surface area (Å²) in [7, 11) is 0. The number of anilines is 1. The lowest BCUT2D eigenvalue weighted by Gasteiger charge is -2.17. The average Bonchev–Trinajstić information content (AvgIpc) is 2.46. The molecule has 14 heavy (non-hydrogen) atoms. The summed E-state index contributed by atoms with van der Waals surface area (Å²) in [6.45, 7) is 8.27. The minimum absolute atomic E-state index is 0.0400. The summed E-state index contributed by atoms with van der Waals surface area (Å²) in [6, 6.07) is 0.504. The number of aromatic nitrogens is 2. The molecule has 0 aliphatic rings.